The molecule has 0 unspecified atom stereocenters. The summed E-state index contributed by atoms with van der Waals surface area (Å²) in [6.07, 6.45) is -4.82. The zero-order valence-corrected chi connectivity index (χ0v) is 13.0. The summed E-state index contributed by atoms with van der Waals surface area (Å²) in [6, 6.07) is 9.64. The topological polar surface area (TPSA) is 54.9 Å². The molecule has 0 fully saturated rings. The summed E-state index contributed by atoms with van der Waals surface area (Å²) in [6.45, 7) is 1.02. The molecule has 0 atom stereocenters. The van der Waals surface area contributed by atoms with Crippen LogP contribution in [-0.4, -0.2) is 9.55 Å². The lowest BCUT2D eigenvalue weighted by Gasteiger charge is -2.14. The monoisotopic (exact) mass is 354 g/mol. The Morgan fingerprint density at radius 1 is 1.04 bits per heavy atom. The van der Waals surface area contributed by atoms with Crippen LogP contribution in [-0.2, 0) is 6.18 Å². The van der Waals surface area contributed by atoms with E-state index in [1.165, 1.54) is 12.1 Å². The Bertz CT molecular complexity index is 1070. The lowest BCUT2D eigenvalue weighted by molar-refractivity contribution is -0.142. The highest BCUT2D eigenvalue weighted by Gasteiger charge is 2.35. The van der Waals surface area contributed by atoms with E-state index >= 15 is 0 Å². The molecule has 0 aliphatic heterocycles. The molecule has 0 spiro atoms. The first-order valence-electron chi connectivity index (χ1n) is 6.82. The lowest BCUT2D eigenvalue weighted by Crippen LogP contribution is -2.38. The molecule has 1 heterocycles. The van der Waals surface area contributed by atoms with Gasteiger partial charge in [-0.05, 0) is 19.1 Å². The van der Waals surface area contributed by atoms with E-state index in [0.29, 0.717) is 20.4 Å². The summed E-state index contributed by atoms with van der Waals surface area (Å²) in [5.74, 6) is 0. The smallest absolute Gasteiger partial charge is 0.302 e. The molecule has 4 nitrogen and oxygen atoms in total. The van der Waals surface area contributed by atoms with Crippen LogP contribution >= 0.6 is 11.6 Å². The molecule has 0 saturated carbocycles. The first-order chi connectivity index (χ1) is 11.2. The number of halogens is 4. The minimum atomic E-state index is -4.82. The van der Waals surface area contributed by atoms with Gasteiger partial charge in [0.05, 0.1) is 5.69 Å². The Morgan fingerprint density at radius 3 is 2.29 bits per heavy atom. The maximum absolute atomic E-state index is 12.9. The Hall–Kier alpha value is -2.54. The highest BCUT2D eigenvalue weighted by Crippen LogP contribution is 2.30. The van der Waals surface area contributed by atoms with Gasteiger partial charge in [0, 0.05) is 21.4 Å². The molecule has 1 N–H and O–H groups in total. The second-order valence-electron chi connectivity index (χ2n) is 5.18. The largest absolute Gasteiger partial charge is 0.431 e. The second kappa shape index (κ2) is 5.52. The molecule has 0 radical (unpaired) electrons. The standard InChI is InChI=1S/C16H10ClF3N2O2/c1-8-13(16(18,19)20)21-15(24)22(14(8)23)12-7-6-11(17)9-4-2-3-5-10(9)12/h2-7H,1H3,(H,21,24). The van der Waals surface area contributed by atoms with Crippen LogP contribution in [0.2, 0.25) is 5.02 Å². The SMILES string of the molecule is Cc1c(C(F)(F)F)[nH]c(=O)n(-c2ccc(Cl)c3ccccc23)c1=O. The molecule has 0 aliphatic carbocycles. The molecule has 8 heteroatoms. The van der Waals surface area contributed by atoms with Gasteiger partial charge in [0.15, 0.2) is 0 Å². The van der Waals surface area contributed by atoms with Crippen molar-refractivity contribution in [3.05, 3.63) is 73.5 Å². The van der Waals surface area contributed by atoms with Crippen LogP contribution in [0.3, 0.4) is 0 Å². The van der Waals surface area contributed by atoms with Gasteiger partial charge in [0.2, 0.25) is 0 Å². The number of alkyl halides is 3. The van der Waals surface area contributed by atoms with E-state index < -0.39 is 28.7 Å². The Labute approximate surface area is 138 Å². The maximum atomic E-state index is 12.9. The first-order valence-corrected chi connectivity index (χ1v) is 7.20. The van der Waals surface area contributed by atoms with Crippen LogP contribution in [0.5, 0.6) is 0 Å². The fraction of sp³-hybridized carbons (Fsp3) is 0.125. The van der Waals surface area contributed by atoms with E-state index in [-0.39, 0.29) is 5.69 Å². The number of rotatable bonds is 1. The minimum Gasteiger partial charge on any atom is -0.302 e. The molecule has 3 aromatic rings. The van der Waals surface area contributed by atoms with Gasteiger partial charge < -0.3 is 4.98 Å². The van der Waals surface area contributed by atoms with Crippen LogP contribution in [0.25, 0.3) is 16.5 Å². The summed E-state index contributed by atoms with van der Waals surface area (Å²) >= 11 is 6.09. The van der Waals surface area contributed by atoms with Crippen LogP contribution in [0.1, 0.15) is 11.3 Å². The van der Waals surface area contributed by atoms with Gasteiger partial charge in [0.25, 0.3) is 5.56 Å². The number of nitrogens with one attached hydrogen (secondary N) is 1. The maximum Gasteiger partial charge on any atom is 0.431 e. The van der Waals surface area contributed by atoms with Gasteiger partial charge >= 0.3 is 11.9 Å². The molecule has 124 valence electrons. The van der Waals surface area contributed by atoms with Crippen molar-refractivity contribution in [3.8, 4) is 5.69 Å². The molecule has 3 rings (SSSR count). The minimum absolute atomic E-state index is 0.165. The third-order valence-electron chi connectivity index (χ3n) is 3.71. The molecule has 0 amide bonds. The lowest BCUT2D eigenvalue weighted by atomic mass is 10.1. The molecule has 0 saturated heterocycles. The van der Waals surface area contributed by atoms with Crippen molar-refractivity contribution >= 4 is 22.4 Å². The number of aromatic amines is 1. The van der Waals surface area contributed by atoms with E-state index in [9.17, 15) is 22.8 Å². The van der Waals surface area contributed by atoms with E-state index in [4.69, 9.17) is 11.6 Å². The van der Waals surface area contributed by atoms with Crippen molar-refractivity contribution < 1.29 is 13.2 Å². The summed E-state index contributed by atoms with van der Waals surface area (Å²) in [5, 5.41) is 1.47. The molecular weight excluding hydrogens is 345 g/mol. The predicted molar refractivity (Wildman–Crippen MR) is 84.9 cm³/mol. The zero-order valence-electron chi connectivity index (χ0n) is 12.2. The molecule has 1 aromatic heterocycles. The number of hydrogen-bond acceptors (Lipinski definition) is 2. The van der Waals surface area contributed by atoms with E-state index in [2.05, 4.69) is 0 Å². The number of benzene rings is 2. The van der Waals surface area contributed by atoms with E-state index in [1.807, 2.05) is 0 Å². The number of H-pyrrole nitrogens is 1. The van der Waals surface area contributed by atoms with Gasteiger partial charge in [0.1, 0.15) is 5.69 Å². The van der Waals surface area contributed by atoms with Crippen molar-refractivity contribution in [1.29, 1.82) is 0 Å². The van der Waals surface area contributed by atoms with E-state index in [1.54, 1.807) is 29.2 Å². The third kappa shape index (κ3) is 2.50. The van der Waals surface area contributed by atoms with Gasteiger partial charge in [-0.3, -0.25) is 4.79 Å². The van der Waals surface area contributed by atoms with Crippen molar-refractivity contribution in [1.82, 2.24) is 9.55 Å². The van der Waals surface area contributed by atoms with Gasteiger partial charge in [-0.1, -0.05) is 35.9 Å². The van der Waals surface area contributed by atoms with Gasteiger partial charge in [-0.2, -0.15) is 13.2 Å². The number of hydrogen-bond donors (Lipinski definition) is 1. The fourth-order valence-electron chi connectivity index (χ4n) is 2.57. The van der Waals surface area contributed by atoms with E-state index in [0.717, 1.165) is 6.92 Å². The second-order valence-corrected chi connectivity index (χ2v) is 5.59. The normalized spacial score (nSPS) is 11.9. The Kier molecular flexibility index (Phi) is 3.76. The van der Waals surface area contributed by atoms with Crippen LogP contribution in [0.4, 0.5) is 13.2 Å². The summed E-state index contributed by atoms with van der Waals surface area (Å²) in [5.41, 5.74) is -3.95. The number of nitrogens with zero attached hydrogens (tertiary/aromatic N) is 1. The number of aromatic nitrogens is 2. The van der Waals surface area contributed by atoms with Crippen LogP contribution in [0.15, 0.2) is 46.0 Å². The quantitative estimate of drug-likeness (QED) is 0.725. The third-order valence-corrected chi connectivity index (χ3v) is 4.04. The highest BCUT2D eigenvalue weighted by atomic mass is 35.5. The van der Waals surface area contributed by atoms with Gasteiger partial charge in [-0.25, -0.2) is 9.36 Å². The van der Waals surface area contributed by atoms with Gasteiger partial charge in [-0.15, -0.1) is 0 Å². The van der Waals surface area contributed by atoms with Crippen molar-refractivity contribution in [2.45, 2.75) is 13.1 Å². The summed E-state index contributed by atoms with van der Waals surface area (Å²) in [7, 11) is 0. The summed E-state index contributed by atoms with van der Waals surface area (Å²) in [4.78, 5) is 26.3. The Morgan fingerprint density at radius 2 is 1.67 bits per heavy atom. The van der Waals surface area contributed by atoms with Crippen molar-refractivity contribution in [2.75, 3.05) is 0 Å². The average molecular weight is 355 g/mol. The van der Waals surface area contributed by atoms with Crippen LogP contribution in [0, 0.1) is 6.92 Å². The average Bonchev–Trinajstić information content (AvgIpc) is 2.52. The molecule has 0 aliphatic rings. The van der Waals surface area contributed by atoms with Crippen LogP contribution < -0.4 is 11.2 Å². The fourth-order valence-corrected chi connectivity index (χ4v) is 2.79. The van der Waals surface area contributed by atoms with Crippen molar-refractivity contribution in [3.63, 3.8) is 0 Å². The molecule has 24 heavy (non-hydrogen) atoms. The van der Waals surface area contributed by atoms with Crippen molar-refractivity contribution in [2.24, 2.45) is 0 Å². The number of fused-ring (bicyclic) bond motifs is 1. The Balaban J connectivity index is 2.42. The zero-order chi connectivity index (χ0) is 17.6. The molecule has 2 aromatic carbocycles. The summed E-state index contributed by atoms with van der Waals surface area (Å²) < 4.78 is 39.4. The molecular formula is C16H10ClF3N2O2. The molecule has 0 bridgehead atoms. The first kappa shape index (κ1) is 16.3. The predicted octanol–water partition coefficient (Wildman–Crippen LogP) is 3.66. The highest BCUT2D eigenvalue weighted by molar-refractivity contribution is 6.35.